The van der Waals surface area contributed by atoms with Crippen LogP contribution >= 0.6 is 0 Å². The van der Waals surface area contributed by atoms with Crippen LogP contribution in [-0.4, -0.2) is 41.2 Å². The zero-order valence-corrected chi connectivity index (χ0v) is 13.5. The number of Topliss-reactive ketones (excluding diaryl/α,β-unsaturated/α-hetero) is 1. The molecule has 0 aliphatic carbocycles. The van der Waals surface area contributed by atoms with E-state index in [4.69, 9.17) is 0 Å². The highest BCUT2D eigenvalue weighted by Gasteiger charge is 2.28. The van der Waals surface area contributed by atoms with Crippen molar-refractivity contribution in [1.82, 2.24) is 15.2 Å². The third-order valence-electron chi connectivity index (χ3n) is 4.29. The number of benzene rings is 1. The Morgan fingerprint density at radius 1 is 1.12 bits per heavy atom. The zero-order chi connectivity index (χ0) is 16.8. The number of hydrogen-bond donors (Lipinski definition) is 1. The second kappa shape index (κ2) is 7.84. The summed E-state index contributed by atoms with van der Waals surface area (Å²) >= 11 is 0. The van der Waals surface area contributed by atoms with Crippen molar-refractivity contribution in [3.8, 4) is 0 Å². The van der Waals surface area contributed by atoms with Gasteiger partial charge in [-0.3, -0.25) is 14.6 Å². The first kappa shape index (κ1) is 16.3. The number of amides is 1. The molecule has 1 aromatic carbocycles. The largest absolute Gasteiger partial charge is 0.333 e. The van der Waals surface area contributed by atoms with Crippen LogP contribution in [0.5, 0.6) is 0 Å². The van der Waals surface area contributed by atoms with E-state index in [9.17, 15) is 9.59 Å². The molecule has 1 unspecified atom stereocenters. The van der Waals surface area contributed by atoms with E-state index in [2.05, 4.69) is 10.3 Å². The van der Waals surface area contributed by atoms with Gasteiger partial charge in [0.2, 0.25) is 5.91 Å². The summed E-state index contributed by atoms with van der Waals surface area (Å²) in [7, 11) is 0. The molecule has 2 heterocycles. The number of piperazine rings is 1. The fraction of sp³-hybridized carbons (Fsp3) is 0.316. The lowest BCUT2D eigenvalue weighted by Gasteiger charge is -2.36. The van der Waals surface area contributed by atoms with Gasteiger partial charge in [0, 0.05) is 50.4 Å². The topological polar surface area (TPSA) is 62.3 Å². The molecule has 1 amide bonds. The normalized spacial score (nSPS) is 17.5. The molecule has 1 saturated heterocycles. The molecule has 0 saturated carbocycles. The molecule has 1 aliphatic heterocycles. The van der Waals surface area contributed by atoms with Gasteiger partial charge in [-0.05, 0) is 11.6 Å². The maximum Gasteiger partial charge on any atom is 0.223 e. The van der Waals surface area contributed by atoms with Gasteiger partial charge in [-0.1, -0.05) is 36.4 Å². The quantitative estimate of drug-likeness (QED) is 0.857. The summed E-state index contributed by atoms with van der Waals surface area (Å²) < 4.78 is 0. The number of hydrogen-bond acceptors (Lipinski definition) is 4. The first-order chi connectivity index (χ1) is 11.8. The molecule has 1 atom stereocenters. The second-order valence-electron chi connectivity index (χ2n) is 5.88. The van der Waals surface area contributed by atoms with E-state index in [-0.39, 0.29) is 30.6 Å². The highest BCUT2D eigenvalue weighted by Crippen LogP contribution is 2.22. The number of aromatic nitrogens is 1. The number of carbonyl (C=O) groups is 2. The summed E-state index contributed by atoms with van der Waals surface area (Å²) in [5.41, 5.74) is 1.68. The minimum Gasteiger partial charge on any atom is -0.333 e. The first-order valence-electron chi connectivity index (χ1n) is 8.24. The Hall–Kier alpha value is -2.53. The smallest absolute Gasteiger partial charge is 0.223 e. The molecule has 0 spiro atoms. The zero-order valence-electron chi connectivity index (χ0n) is 13.5. The summed E-state index contributed by atoms with van der Waals surface area (Å²) in [5, 5.41) is 3.32. The van der Waals surface area contributed by atoms with Gasteiger partial charge >= 0.3 is 0 Å². The van der Waals surface area contributed by atoms with Crippen molar-refractivity contribution in [2.45, 2.75) is 18.9 Å². The van der Waals surface area contributed by atoms with Gasteiger partial charge in [0.25, 0.3) is 0 Å². The van der Waals surface area contributed by atoms with E-state index in [0.29, 0.717) is 18.7 Å². The monoisotopic (exact) mass is 323 g/mol. The lowest BCUT2D eigenvalue weighted by atomic mass is 10.0. The molecular formula is C19H21N3O2. The van der Waals surface area contributed by atoms with E-state index in [1.165, 1.54) is 0 Å². The standard InChI is InChI=1S/C19H21N3O2/c23-18(15-5-2-1-3-6-15)8-9-19(24)22-12-11-21-14-17(22)16-7-4-10-20-13-16/h1-7,10,13,17,21H,8-9,11-12,14H2. The van der Waals surface area contributed by atoms with E-state index in [0.717, 1.165) is 12.1 Å². The Morgan fingerprint density at radius 2 is 1.96 bits per heavy atom. The molecule has 0 radical (unpaired) electrons. The van der Waals surface area contributed by atoms with E-state index in [1.54, 1.807) is 24.5 Å². The summed E-state index contributed by atoms with van der Waals surface area (Å²) in [6.45, 7) is 2.14. The fourth-order valence-electron chi connectivity index (χ4n) is 3.01. The summed E-state index contributed by atoms with van der Waals surface area (Å²) in [6, 6.07) is 13.0. The van der Waals surface area contributed by atoms with Crippen LogP contribution in [0.1, 0.15) is 34.8 Å². The Labute approximate surface area is 141 Å². The average Bonchev–Trinajstić information content (AvgIpc) is 2.67. The van der Waals surface area contributed by atoms with Gasteiger partial charge in [-0.25, -0.2) is 0 Å². The lowest BCUT2D eigenvalue weighted by molar-refractivity contribution is -0.134. The molecule has 1 N–H and O–H groups in total. The van der Waals surface area contributed by atoms with E-state index >= 15 is 0 Å². The van der Waals surface area contributed by atoms with Crippen LogP contribution < -0.4 is 5.32 Å². The van der Waals surface area contributed by atoms with Crippen molar-refractivity contribution >= 4 is 11.7 Å². The van der Waals surface area contributed by atoms with E-state index in [1.807, 2.05) is 35.2 Å². The minimum atomic E-state index is -0.0215. The highest BCUT2D eigenvalue weighted by molar-refractivity contribution is 5.97. The summed E-state index contributed by atoms with van der Waals surface area (Å²) in [5.74, 6) is 0.0339. The van der Waals surface area contributed by atoms with Crippen LogP contribution in [0.3, 0.4) is 0 Å². The minimum absolute atomic E-state index is 0.0111. The van der Waals surface area contributed by atoms with Gasteiger partial charge in [-0.15, -0.1) is 0 Å². The predicted octanol–water partition coefficient (Wildman–Crippen LogP) is 2.22. The average molecular weight is 323 g/mol. The Bertz CT molecular complexity index is 688. The number of ketones is 1. The molecular weight excluding hydrogens is 302 g/mol. The second-order valence-corrected chi connectivity index (χ2v) is 5.88. The first-order valence-corrected chi connectivity index (χ1v) is 8.24. The van der Waals surface area contributed by atoms with Crippen LogP contribution in [0.4, 0.5) is 0 Å². The molecule has 5 nitrogen and oxygen atoms in total. The van der Waals surface area contributed by atoms with Gasteiger partial charge in [0.05, 0.1) is 6.04 Å². The van der Waals surface area contributed by atoms with Gasteiger partial charge in [0.1, 0.15) is 0 Å². The molecule has 1 fully saturated rings. The number of nitrogens with one attached hydrogen (secondary N) is 1. The van der Waals surface area contributed by atoms with Crippen molar-refractivity contribution in [2.24, 2.45) is 0 Å². The lowest BCUT2D eigenvalue weighted by Crippen LogP contribution is -2.48. The van der Waals surface area contributed by atoms with E-state index < -0.39 is 0 Å². The number of pyridine rings is 1. The van der Waals surface area contributed by atoms with Gasteiger partial charge in [-0.2, -0.15) is 0 Å². The van der Waals surface area contributed by atoms with Gasteiger partial charge in [0.15, 0.2) is 5.78 Å². The Kier molecular flexibility index (Phi) is 5.33. The van der Waals surface area contributed by atoms with Gasteiger partial charge < -0.3 is 10.2 Å². The molecule has 1 aliphatic rings. The number of carbonyl (C=O) groups excluding carboxylic acids is 2. The molecule has 2 aromatic rings. The Balaban J connectivity index is 1.63. The van der Waals surface area contributed by atoms with Crippen LogP contribution in [0, 0.1) is 0 Å². The molecule has 1 aromatic heterocycles. The molecule has 124 valence electrons. The predicted molar refractivity (Wildman–Crippen MR) is 91.6 cm³/mol. The Morgan fingerprint density at radius 3 is 2.71 bits per heavy atom. The van der Waals surface area contributed by atoms with Crippen molar-refractivity contribution in [3.63, 3.8) is 0 Å². The third-order valence-corrected chi connectivity index (χ3v) is 4.29. The molecule has 0 bridgehead atoms. The van der Waals surface area contributed by atoms with Crippen molar-refractivity contribution < 1.29 is 9.59 Å². The number of nitrogens with zero attached hydrogens (tertiary/aromatic N) is 2. The van der Waals surface area contributed by atoms with Crippen molar-refractivity contribution in [1.29, 1.82) is 0 Å². The third kappa shape index (κ3) is 3.86. The highest BCUT2D eigenvalue weighted by atomic mass is 16.2. The van der Waals surface area contributed by atoms with Crippen LogP contribution in [0.25, 0.3) is 0 Å². The van der Waals surface area contributed by atoms with Crippen molar-refractivity contribution in [3.05, 3.63) is 66.0 Å². The molecule has 24 heavy (non-hydrogen) atoms. The number of rotatable bonds is 5. The van der Waals surface area contributed by atoms with Crippen LogP contribution in [-0.2, 0) is 4.79 Å². The van der Waals surface area contributed by atoms with Crippen LogP contribution in [0.2, 0.25) is 0 Å². The maximum atomic E-state index is 12.6. The van der Waals surface area contributed by atoms with Crippen molar-refractivity contribution in [2.75, 3.05) is 19.6 Å². The molecule has 5 heteroatoms. The summed E-state index contributed by atoms with van der Waals surface area (Å²) in [6.07, 6.45) is 4.01. The fourth-order valence-corrected chi connectivity index (χ4v) is 3.01. The molecule has 3 rings (SSSR count). The summed E-state index contributed by atoms with van der Waals surface area (Å²) in [4.78, 5) is 30.8. The SMILES string of the molecule is O=C(CCC(=O)N1CCNCC1c1cccnc1)c1ccccc1. The van der Waals surface area contributed by atoms with Crippen LogP contribution in [0.15, 0.2) is 54.9 Å². The maximum absolute atomic E-state index is 12.6.